The number of benzene rings is 1. The van der Waals surface area contributed by atoms with Gasteiger partial charge in [-0.05, 0) is 29.3 Å². The fraction of sp³-hybridized carbons (Fsp3) is 0.0588. The number of halogens is 2. The van der Waals surface area contributed by atoms with Crippen molar-refractivity contribution in [1.82, 2.24) is 9.97 Å². The zero-order valence-corrected chi connectivity index (χ0v) is 12.0. The van der Waals surface area contributed by atoms with Crippen LogP contribution in [0.3, 0.4) is 0 Å². The van der Waals surface area contributed by atoms with Crippen molar-refractivity contribution < 1.29 is 13.6 Å². The second-order valence-electron chi connectivity index (χ2n) is 5.13. The number of primary amides is 1. The molecule has 2 aromatic heterocycles. The largest absolute Gasteiger partial charge is 0.366 e. The number of nitrogens with zero attached hydrogens (tertiary/aromatic N) is 1. The van der Waals surface area contributed by atoms with Crippen LogP contribution >= 0.6 is 0 Å². The van der Waals surface area contributed by atoms with E-state index >= 15 is 0 Å². The maximum absolute atomic E-state index is 13.7. The molecule has 3 aromatic rings. The van der Waals surface area contributed by atoms with Crippen LogP contribution in [0.5, 0.6) is 0 Å². The van der Waals surface area contributed by atoms with Gasteiger partial charge in [0, 0.05) is 41.9 Å². The van der Waals surface area contributed by atoms with E-state index in [0.717, 1.165) is 22.6 Å². The van der Waals surface area contributed by atoms with Crippen molar-refractivity contribution in [2.75, 3.05) is 0 Å². The van der Waals surface area contributed by atoms with Gasteiger partial charge in [0.25, 0.3) is 0 Å². The molecule has 0 radical (unpaired) electrons. The first-order valence-corrected chi connectivity index (χ1v) is 6.90. The lowest BCUT2D eigenvalue weighted by Gasteiger charge is -2.04. The first-order chi connectivity index (χ1) is 11.0. The molecule has 116 valence electrons. The summed E-state index contributed by atoms with van der Waals surface area (Å²) in [5.74, 6) is -1.74. The second-order valence-corrected chi connectivity index (χ2v) is 5.13. The number of aromatic amines is 1. The highest BCUT2D eigenvalue weighted by atomic mass is 19.1. The highest BCUT2D eigenvalue weighted by Crippen LogP contribution is 2.21. The third kappa shape index (κ3) is 3.26. The fourth-order valence-corrected chi connectivity index (χ4v) is 2.36. The minimum atomic E-state index is -0.607. The van der Waals surface area contributed by atoms with Gasteiger partial charge < -0.3 is 10.7 Å². The van der Waals surface area contributed by atoms with Crippen LogP contribution in [0, 0.1) is 11.6 Å². The lowest BCUT2D eigenvalue weighted by Crippen LogP contribution is -2.04. The SMILES string of the molecule is NC(=O)/C=C/c1c[nH]c2ncc(Cc3ccc(F)cc3F)cc12. The second kappa shape index (κ2) is 6.00. The van der Waals surface area contributed by atoms with Gasteiger partial charge in [0.2, 0.25) is 5.91 Å². The van der Waals surface area contributed by atoms with Gasteiger partial charge in [0.1, 0.15) is 17.3 Å². The summed E-state index contributed by atoms with van der Waals surface area (Å²) >= 11 is 0. The summed E-state index contributed by atoms with van der Waals surface area (Å²) in [6.45, 7) is 0. The Bertz CT molecular complexity index is 915. The Kier molecular flexibility index (Phi) is 3.89. The molecule has 0 atom stereocenters. The average Bonchev–Trinajstić information content (AvgIpc) is 2.90. The summed E-state index contributed by atoms with van der Waals surface area (Å²) in [5, 5.41) is 0.794. The number of nitrogens with two attached hydrogens (primary N) is 1. The molecular weight excluding hydrogens is 300 g/mol. The van der Waals surface area contributed by atoms with Crippen molar-refractivity contribution >= 4 is 23.0 Å². The Morgan fingerprint density at radius 1 is 1.30 bits per heavy atom. The maximum atomic E-state index is 13.7. The number of carbonyl (C=O) groups excluding carboxylic acids is 1. The summed E-state index contributed by atoms with van der Waals surface area (Å²) in [6.07, 6.45) is 6.47. The molecule has 3 rings (SSSR count). The zero-order chi connectivity index (χ0) is 16.4. The predicted molar refractivity (Wildman–Crippen MR) is 83.5 cm³/mol. The van der Waals surface area contributed by atoms with Crippen LogP contribution < -0.4 is 5.73 Å². The molecule has 1 aromatic carbocycles. The third-order valence-corrected chi connectivity index (χ3v) is 3.46. The predicted octanol–water partition coefficient (Wildman–Crippen LogP) is 2.93. The van der Waals surface area contributed by atoms with E-state index in [4.69, 9.17) is 5.73 Å². The van der Waals surface area contributed by atoms with Crippen LogP contribution in [0.15, 0.2) is 42.7 Å². The van der Waals surface area contributed by atoms with Gasteiger partial charge in [-0.2, -0.15) is 0 Å². The molecule has 3 N–H and O–H groups in total. The van der Waals surface area contributed by atoms with Crippen LogP contribution in [0.2, 0.25) is 0 Å². The lowest BCUT2D eigenvalue weighted by atomic mass is 10.0. The molecule has 1 amide bonds. The van der Waals surface area contributed by atoms with E-state index in [0.29, 0.717) is 17.6 Å². The molecule has 0 aliphatic rings. The van der Waals surface area contributed by atoms with Crippen molar-refractivity contribution in [3.05, 3.63) is 71.1 Å². The van der Waals surface area contributed by atoms with Gasteiger partial charge in [-0.1, -0.05) is 6.07 Å². The summed E-state index contributed by atoms with van der Waals surface area (Å²) in [4.78, 5) is 18.1. The fourth-order valence-electron chi connectivity index (χ4n) is 2.36. The Labute approximate surface area is 130 Å². The smallest absolute Gasteiger partial charge is 0.241 e. The Balaban J connectivity index is 1.95. The van der Waals surface area contributed by atoms with Crippen molar-refractivity contribution in [1.29, 1.82) is 0 Å². The molecule has 4 nitrogen and oxygen atoms in total. The van der Waals surface area contributed by atoms with Crippen LogP contribution in [-0.2, 0) is 11.2 Å². The van der Waals surface area contributed by atoms with Crippen molar-refractivity contribution in [2.45, 2.75) is 6.42 Å². The number of rotatable bonds is 4. The first kappa shape index (κ1) is 14.9. The monoisotopic (exact) mass is 313 g/mol. The van der Waals surface area contributed by atoms with E-state index in [1.54, 1.807) is 18.5 Å². The summed E-state index contributed by atoms with van der Waals surface area (Å²) in [6, 6.07) is 5.35. The van der Waals surface area contributed by atoms with E-state index < -0.39 is 17.5 Å². The van der Waals surface area contributed by atoms with Crippen molar-refractivity contribution in [3.63, 3.8) is 0 Å². The third-order valence-electron chi connectivity index (χ3n) is 3.46. The van der Waals surface area contributed by atoms with Crippen LogP contribution in [-0.4, -0.2) is 15.9 Å². The van der Waals surface area contributed by atoms with Crippen molar-refractivity contribution in [2.24, 2.45) is 5.73 Å². The molecule has 0 aliphatic heterocycles. The quantitative estimate of drug-likeness (QED) is 0.727. The Hall–Kier alpha value is -3.02. The number of H-pyrrole nitrogens is 1. The van der Waals surface area contributed by atoms with E-state index in [-0.39, 0.29) is 0 Å². The molecule has 0 unspecified atom stereocenters. The van der Waals surface area contributed by atoms with Crippen LogP contribution in [0.4, 0.5) is 8.78 Å². The van der Waals surface area contributed by atoms with E-state index in [9.17, 15) is 13.6 Å². The Morgan fingerprint density at radius 2 is 2.13 bits per heavy atom. The number of hydrogen-bond donors (Lipinski definition) is 2. The number of hydrogen-bond acceptors (Lipinski definition) is 2. The number of amides is 1. The standard InChI is InChI=1S/C17H13F2N3O/c18-13-3-1-11(15(19)7-13)5-10-6-14-12(2-4-16(20)23)9-22-17(14)21-8-10/h1-4,6-9H,5H2,(H2,20,23)(H,21,22)/b4-2+. The number of aromatic nitrogens is 2. The van der Waals surface area contributed by atoms with Crippen molar-refractivity contribution in [3.8, 4) is 0 Å². The molecule has 0 saturated heterocycles. The normalized spacial score (nSPS) is 11.4. The Morgan fingerprint density at radius 3 is 2.87 bits per heavy atom. The summed E-state index contributed by atoms with van der Waals surface area (Å²) < 4.78 is 26.7. The molecule has 2 heterocycles. The number of fused-ring (bicyclic) bond motifs is 1. The number of nitrogens with one attached hydrogen (secondary N) is 1. The van der Waals surface area contributed by atoms with Gasteiger partial charge in [-0.3, -0.25) is 4.79 Å². The van der Waals surface area contributed by atoms with Gasteiger partial charge >= 0.3 is 0 Å². The van der Waals surface area contributed by atoms with E-state index in [1.807, 2.05) is 6.07 Å². The number of carbonyl (C=O) groups is 1. The molecule has 6 heteroatoms. The first-order valence-electron chi connectivity index (χ1n) is 6.90. The molecule has 0 saturated carbocycles. The van der Waals surface area contributed by atoms with E-state index in [2.05, 4.69) is 9.97 Å². The summed E-state index contributed by atoms with van der Waals surface area (Å²) in [7, 11) is 0. The van der Waals surface area contributed by atoms with Crippen LogP contribution in [0.1, 0.15) is 16.7 Å². The minimum Gasteiger partial charge on any atom is -0.366 e. The highest BCUT2D eigenvalue weighted by Gasteiger charge is 2.08. The van der Waals surface area contributed by atoms with Gasteiger partial charge in [0.05, 0.1) is 0 Å². The minimum absolute atomic E-state index is 0.291. The van der Waals surface area contributed by atoms with Gasteiger partial charge in [-0.15, -0.1) is 0 Å². The summed E-state index contributed by atoms with van der Waals surface area (Å²) in [5.41, 5.74) is 7.66. The zero-order valence-electron chi connectivity index (χ0n) is 12.0. The number of pyridine rings is 1. The molecule has 0 spiro atoms. The van der Waals surface area contributed by atoms with Crippen LogP contribution in [0.25, 0.3) is 17.1 Å². The molecule has 0 fully saturated rings. The molecule has 0 bridgehead atoms. The maximum Gasteiger partial charge on any atom is 0.241 e. The lowest BCUT2D eigenvalue weighted by molar-refractivity contribution is -0.113. The highest BCUT2D eigenvalue weighted by molar-refractivity contribution is 5.94. The van der Waals surface area contributed by atoms with Gasteiger partial charge in [0.15, 0.2) is 0 Å². The average molecular weight is 313 g/mol. The topological polar surface area (TPSA) is 71.8 Å². The van der Waals surface area contributed by atoms with E-state index in [1.165, 1.54) is 18.2 Å². The molecule has 23 heavy (non-hydrogen) atoms. The van der Waals surface area contributed by atoms with Gasteiger partial charge in [-0.25, -0.2) is 13.8 Å². The molecular formula is C17H13F2N3O. The molecule has 0 aliphatic carbocycles.